The van der Waals surface area contributed by atoms with Crippen molar-refractivity contribution >= 4 is 0 Å². The SMILES string of the molecule is CC(C)C1CN(CCCOc2ccccc2)C(C)(C)CN1. The predicted molar refractivity (Wildman–Crippen MR) is 88.8 cm³/mol. The molecule has 0 saturated carbocycles. The maximum atomic E-state index is 5.80. The van der Waals surface area contributed by atoms with Crippen molar-refractivity contribution < 1.29 is 4.74 Å². The fourth-order valence-electron chi connectivity index (χ4n) is 2.84. The zero-order chi connectivity index (χ0) is 15.3. The first kappa shape index (κ1) is 16.3. The zero-order valence-corrected chi connectivity index (χ0v) is 13.9. The highest BCUT2D eigenvalue weighted by atomic mass is 16.5. The molecule has 1 N–H and O–H groups in total. The van der Waals surface area contributed by atoms with Crippen molar-refractivity contribution in [1.29, 1.82) is 0 Å². The Hall–Kier alpha value is -1.06. The minimum atomic E-state index is 0.234. The molecule has 118 valence electrons. The van der Waals surface area contributed by atoms with E-state index in [2.05, 4.69) is 37.9 Å². The summed E-state index contributed by atoms with van der Waals surface area (Å²) in [5, 5.41) is 3.68. The number of rotatable bonds is 6. The molecule has 1 heterocycles. The normalized spacial score (nSPS) is 22.4. The quantitative estimate of drug-likeness (QED) is 0.815. The van der Waals surface area contributed by atoms with Crippen LogP contribution < -0.4 is 10.1 Å². The van der Waals surface area contributed by atoms with Gasteiger partial charge in [0.05, 0.1) is 6.61 Å². The lowest BCUT2D eigenvalue weighted by molar-refractivity contribution is 0.0502. The molecule has 0 radical (unpaired) electrons. The van der Waals surface area contributed by atoms with E-state index < -0.39 is 0 Å². The van der Waals surface area contributed by atoms with Crippen LogP contribution in [0.15, 0.2) is 30.3 Å². The molecule has 1 saturated heterocycles. The second-order valence-electron chi connectivity index (χ2n) is 7.00. The van der Waals surface area contributed by atoms with Gasteiger partial charge < -0.3 is 10.1 Å². The van der Waals surface area contributed by atoms with Crippen LogP contribution in [-0.2, 0) is 0 Å². The summed E-state index contributed by atoms with van der Waals surface area (Å²) in [6.45, 7) is 13.3. The average molecular weight is 290 g/mol. The van der Waals surface area contributed by atoms with Crippen LogP contribution in [0.4, 0.5) is 0 Å². The number of nitrogens with one attached hydrogen (secondary N) is 1. The summed E-state index contributed by atoms with van der Waals surface area (Å²) in [6.07, 6.45) is 1.07. The van der Waals surface area contributed by atoms with Gasteiger partial charge in [-0.3, -0.25) is 4.90 Å². The number of nitrogens with zero attached hydrogens (tertiary/aromatic N) is 1. The maximum absolute atomic E-state index is 5.80. The third-order valence-electron chi connectivity index (χ3n) is 4.46. The molecular weight excluding hydrogens is 260 g/mol. The monoisotopic (exact) mass is 290 g/mol. The number of piperazine rings is 1. The molecule has 0 spiro atoms. The second kappa shape index (κ2) is 7.28. The lowest BCUT2D eigenvalue weighted by Gasteiger charge is -2.47. The number of ether oxygens (including phenoxy) is 1. The van der Waals surface area contributed by atoms with Gasteiger partial charge in [0.1, 0.15) is 5.75 Å². The summed E-state index contributed by atoms with van der Waals surface area (Å²) < 4.78 is 5.80. The molecule has 3 heteroatoms. The number of para-hydroxylation sites is 1. The molecule has 0 aliphatic carbocycles. The Morgan fingerprint density at radius 1 is 1.29 bits per heavy atom. The molecule has 1 aromatic carbocycles. The van der Waals surface area contributed by atoms with E-state index in [1.807, 2.05) is 30.3 Å². The van der Waals surface area contributed by atoms with Gasteiger partial charge in [0, 0.05) is 31.2 Å². The van der Waals surface area contributed by atoms with Gasteiger partial charge in [-0.1, -0.05) is 32.0 Å². The van der Waals surface area contributed by atoms with Gasteiger partial charge in [0.25, 0.3) is 0 Å². The second-order valence-corrected chi connectivity index (χ2v) is 7.00. The minimum absolute atomic E-state index is 0.234. The van der Waals surface area contributed by atoms with Crippen molar-refractivity contribution in [1.82, 2.24) is 10.2 Å². The fraction of sp³-hybridized carbons (Fsp3) is 0.667. The molecule has 1 fully saturated rings. The van der Waals surface area contributed by atoms with Crippen LogP contribution in [0, 0.1) is 5.92 Å². The highest BCUT2D eigenvalue weighted by Gasteiger charge is 2.34. The largest absolute Gasteiger partial charge is 0.494 e. The average Bonchev–Trinajstić information content (AvgIpc) is 2.45. The number of hydrogen-bond donors (Lipinski definition) is 1. The van der Waals surface area contributed by atoms with Gasteiger partial charge in [-0.15, -0.1) is 0 Å². The van der Waals surface area contributed by atoms with E-state index in [4.69, 9.17) is 4.74 Å². The maximum Gasteiger partial charge on any atom is 0.119 e. The molecular formula is C18H30N2O. The van der Waals surface area contributed by atoms with Gasteiger partial charge in [0.2, 0.25) is 0 Å². The van der Waals surface area contributed by atoms with Gasteiger partial charge >= 0.3 is 0 Å². The Morgan fingerprint density at radius 3 is 2.67 bits per heavy atom. The highest BCUT2D eigenvalue weighted by Crippen LogP contribution is 2.21. The Balaban J connectivity index is 1.77. The van der Waals surface area contributed by atoms with Crippen LogP contribution in [0.25, 0.3) is 0 Å². The molecule has 0 bridgehead atoms. The minimum Gasteiger partial charge on any atom is -0.494 e. The van der Waals surface area contributed by atoms with Crippen molar-refractivity contribution in [2.75, 3.05) is 26.2 Å². The van der Waals surface area contributed by atoms with Crippen molar-refractivity contribution in [3.05, 3.63) is 30.3 Å². The Bertz CT molecular complexity index is 416. The summed E-state index contributed by atoms with van der Waals surface area (Å²) in [6, 6.07) is 10.7. The Morgan fingerprint density at radius 2 is 2.00 bits per heavy atom. The molecule has 3 nitrogen and oxygen atoms in total. The van der Waals surface area contributed by atoms with E-state index in [1.165, 1.54) is 0 Å². The van der Waals surface area contributed by atoms with Crippen LogP contribution >= 0.6 is 0 Å². The summed E-state index contributed by atoms with van der Waals surface area (Å²) in [7, 11) is 0. The number of benzene rings is 1. The van der Waals surface area contributed by atoms with Crippen LogP contribution in [0.1, 0.15) is 34.1 Å². The molecule has 1 unspecified atom stereocenters. The van der Waals surface area contributed by atoms with Crippen molar-refractivity contribution in [3.63, 3.8) is 0 Å². The smallest absolute Gasteiger partial charge is 0.119 e. The van der Waals surface area contributed by atoms with Crippen LogP contribution in [-0.4, -0.2) is 42.7 Å². The summed E-state index contributed by atoms with van der Waals surface area (Å²) in [5.74, 6) is 1.65. The number of hydrogen-bond acceptors (Lipinski definition) is 3. The van der Waals surface area contributed by atoms with Crippen LogP contribution in [0.2, 0.25) is 0 Å². The van der Waals surface area contributed by atoms with Gasteiger partial charge in [-0.05, 0) is 38.3 Å². The first-order valence-corrected chi connectivity index (χ1v) is 8.15. The van der Waals surface area contributed by atoms with Crippen LogP contribution in [0.5, 0.6) is 5.75 Å². The van der Waals surface area contributed by atoms with Crippen molar-refractivity contribution in [2.24, 2.45) is 5.92 Å². The predicted octanol–water partition coefficient (Wildman–Crippen LogP) is 3.16. The molecule has 2 rings (SSSR count). The van der Waals surface area contributed by atoms with E-state index in [-0.39, 0.29) is 5.54 Å². The third kappa shape index (κ3) is 4.72. The fourth-order valence-corrected chi connectivity index (χ4v) is 2.84. The lowest BCUT2D eigenvalue weighted by Crippen LogP contribution is -2.63. The van der Waals surface area contributed by atoms with E-state index in [1.54, 1.807) is 0 Å². The van der Waals surface area contributed by atoms with E-state index in [9.17, 15) is 0 Å². The summed E-state index contributed by atoms with van der Waals surface area (Å²) in [5.41, 5.74) is 0.234. The van der Waals surface area contributed by atoms with E-state index >= 15 is 0 Å². The highest BCUT2D eigenvalue weighted by molar-refractivity contribution is 5.20. The van der Waals surface area contributed by atoms with Crippen molar-refractivity contribution in [3.8, 4) is 5.75 Å². The van der Waals surface area contributed by atoms with Gasteiger partial charge in [-0.25, -0.2) is 0 Å². The summed E-state index contributed by atoms with van der Waals surface area (Å²) in [4.78, 5) is 2.61. The molecule has 1 aliphatic heterocycles. The third-order valence-corrected chi connectivity index (χ3v) is 4.46. The summed E-state index contributed by atoms with van der Waals surface area (Å²) >= 11 is 0. The molecule has 0 aromatic heterocycles. The van der Waals surface area contributed by atoms with Gasteiger partial charge in [-0.2, -0.15) is 0 Å². The van der Waals surface area contributed by atoms with Gasteiger partial charge in [0.15, 0.2) is 0 Å². The molecule has 0 amide bonds. The molecule has 21 heavy (non-hydrogen) atoms. The zero-order valence-electron chi connectivity index (χ0n) is 13.9. The van der Waals surface area contributed by atoms with Crippen molar-refractivity contribution in [2.45, 2.75) is 45.7 Å². The Labute approximate surface area is 129 Å². The molecule has 1 aliphatic rings. The topological polar surface area (TPSA) is 24.5 Å². The molecule has 1 atom stereocenters. The lowest BCUT2D eigenvalue weighted by atomic mass is 9.93. The van der Waals surface area contributed by atoms with Crippen LogP contribution in [0.3, 0.4) is 0 Å². The molecule has 1 aromatic rings. The first-order chi connectivity index (χ1) is 9.99. The Kier molecular flexibility index (Phi) is 5.65. The van der Waals surface area contributed by atoms with E-state index in [0.29, 0.717) is 12.0 Å². The first-order valence-electron chi connectivity index (χ1n) is 8.15. The van der Waals surface area contributed by atoms with E-state index in [0.717, 1.165) is 38.4 Å². The standard InChI is InChI=1S/C18H30N2O/c1-15(2)17-13-20(18(3,4)14-19-17)11-8-12-21-16-9-6-5-7-10-16/h5-7,9-10,15,17,19H,8,11-14H2,1-4H3.